The topological polar surface area (TPSA) is 26.3 Å². The van der Waals surface area contributed by atoms with E-state index in [0.717, 1.165) is 24.2 Å². The summed E-state index contributed by atoms with van der Waals surface area (Å²) in [5.74, 6) is 3.81. The number of ketones is 1. The van der Waals surface area contributed by atoms with E-state index in [1.165, 1.54) is 76.3 Å². The van der Waals surface area contributed by atoms with E-state index in [9.17, 15) is 4.79 Å². The quantitative estimate of drug-likeness (QED) is 0.423. The number of rotatable bonds is 2. The van der Waals surface area contributed by atoms with E-state index in [0.29, 0.717) is 28.3 Å². The Kier molecular flexibility index (Phi) is 5.18. The smallest absolute Gasteiger partial charge is 0.198 e. The summed E-state index contributed by atoms with van der Waals surface area (Å²) in [4.78, 5) is 12.7. The third kappa shape index (κ3) is 3.07. The van der Waals surface area contributed by atoms with Crippen molar-refractivity contribution in [1.29, 1.82) is 0 Å². The summed E-state index contributed by atoms with van der Waals surface area (Å²) >= 11 is 0. The third-order valence-electron chi connectivity index (χ3n) is 11.5. The van der Waals surface area contributed by atoms with Gasteiger partial charge in [-0.3, -0.25) is 4.79 Å². The summed E-state index contributed by atoms with van der Waals surface area (Å²) in [7, 11) is -1.61. The molecule has 1 saturated heterocycles. The zero-order valence-electron chi connectivity index (χ0n) is 20.4. The average Bonchev–Trinajstić information content (AvgIpc) is 3.27. The van der Waals surface area contributed by atoms with Crippen LogP contribution in [0.1, 0.15) is 105 Å². The van der Waals surface area contributed by atoms with E-state index in [1.54, 1.807) is 0 Å². The first-order valence-corrected chi connectivity index (χ1v) is 15.6. The molecule has 1 heterocycles. The maximum absolute atomic E-state index is 12.7. The van der Waals surface area contributed by atoms with E-state index in [1.807, 2.05) is 0 Å². The first kappa shape index (κ1) is 21.7. The van der Waals surface area contributed by atoms with Crippen molar-refractivity contribution in [2.24, 2.45) is 34.5 Å². The lowest BCUT2D eigenvalue weighted by Gasteiger charge is -2.60. The molecule has 30 heavy (non-hydrogen) atoms. The zero-order chi connectivity index (χ0) is 21.4. The second-order valence-corrected chi connectivity index (χ2v) is 18.3. The van der Waals surface area contributed by atoms with E-state index in [2.05, 4.69) is 34.6 Å². The summed E-state index contributed by atoms with van der Waals surface area (Å²) in [5, 5.41) is 0.380. The highest BCUT2D eigenvalue weighted by Crippen LogP contribution is 2.66. The standard InChI is InChI=1S/C27H46O2Si/c1-25(2,3)30(16-6-7-17-30)29-20-12-14-26(4)19(18-20)8-9-21-22-10-11-24(28)27(22,5)15-13-23(21)26/h19-23H,6-18H2,1-5H3/t19-,20+,21-,22-,23-,26-,27-/m0/s1. The van der Waals surface area contributed by atoms with Crippen molar-refractivity contribution in [1.82, 2.24) is 0 Å². The van der Waals surface area contributed by atoms with Crippen molar-refractivity contribution in [3.8, 4) is 0 Å². The fourth-order valence-electron chi connectivity index (χ4n) is 9.41. The Hall–Kier alpha value is -0.153. The van der Waals surface area contributed by atoms with E-state index >= 15 is 0 Å². The Morgan fingerprint density at radius 2 is 1.67 bits per heavy atom. The molecule has 0 aromatic heterocycles. The minimum Gasteiger partial charge on any atom is -0.413 e. The Labute approximate surface area is 186 Å². The van der Waals surface area contributed by atoms with Crippen LogP contribution < -0.4 is 0 Å². The van der Waals surface area contributed by atoms with E-state index < -0.39 is 8.32 Å². The first-order chi connectivity index (χ1) is 14.1. The van der Waals surface area contributed by atoms with Crippen LogP contribution in [0.2, 0.25) is 17.1 Å². The van der Waals surface area contributed by atoms with Crippen molar-refractivity contribution >= 4 is 14.1 Å². The zero-order valence-corrected chi connectivity index (χ0v) is 21.4. The van der Waals surface area contributed by atoms with Gasteiger partial charge in [0.15, 0.2) is 8.32 Å². The van der Waals surface area contributed by atoms with Crippen LogP contribution in [0.5, 0.6) is 0 Å². The van der Waals surface area contributed by atoms with Gasteiger partial charge in [0.05, 0.1) is 0 Å². The lowest BCUT2D eigenvalue weighted by molar-refractivity contribution is -0.141. The van der Waals surface area contributed by atoms with Crippen LogP contribution in [0.15, 0.2) is 0 Å². The highest BCUT2D eigenvalue weighted by atomic mass is 28.4. The summed E-state index contributed by atoms with van der Waals surface area (Å²) in [5.41, 5.74) is 0.527. The van der Waals surface area contributed by atoms with Crippen LogP contribution in [0, 0.1) is 34.5 Å². The van der Waals surface area contributed by atoms with Crippen molar-refractivity contribution in [3.05, 3.63) is 0 Å². The molecule has 1 aliphatic heterocycles. The molecule has 0 amide bonds. The molecular weight excluding hydrogens is 384 g/mol. The number of Topliss-reactive ketones (excluding diaryl/α,β-unsaturated/α-hetero) is 1. The van der Waals surface area contributed by atoms with Crippen LogP contribution in [0.4, 0.5) is 0 Å². The van der Waals surface area contributed by atoms with Gasteiger partial charge in [-0.1, -0.05) is 47.5 Å². The molecule has 5 aliphatic rings. The Balaban J connectivity index is 1.31. The largest absolute Gasteiger partial charge is 0.413 e. The molecule has 2 nitrogen and oxygen atoms in total. The summed E-state index contributed by atoms with van der Waals surface area (Å²) in [6, 6.07) is 2.79. The number of hydrogen-bond acceptors (Lipinski definition) is 2. The van der Waals surface area contributed by atoms with Gasteiger partial charge in [0.1, 0.15) is 5.78 Å². The van der Waals surface area contributed by atoms with Crippen molar-refractivity contribution in [2.45, 2.75) is 128 Å². The van der Waals surface area contributed by atoms with Gasteiger partial charge < -0.3 is 4.43 Å². The lowest BCUT2D eigenvalue weighted by Crippen LogP contribution is -2.55. The molecule has 5 rings (SSSR count). The maximum atomic E-state index is 12.7. The minimum absolute atomic E-state index is 0.0256. The third-order valence-corrected chi connectivity index (χ3v) is 17.3. The molecule has 3 heteroatoms. The highest BCUT2D eigenvalue weighted by molar-refractivity contribution is 6.77. The Morgan fingerprint density at radius 3 is 2.37 bits per heavy atom. The van der Waals surface area contributed by atoms with Crippen LogP contribution in [0.3, 0.4) is 0 Å². The SMILES string of the molecule is CC(C)(C)[Si]1(O[C@@H]2CC[C@@]3(C)[C@@H](CC[C@@H]4[C@@H]3CC[C@]3(C)C(=O)CC[C@@H]43)C2)CCCC1. The number of carbonyl (C=O) groups is 1. The molecule has 0 bridgehead atoms. The monoisotopic (exact) mass is 430 g/mol. The molecule has 0 aromatic rings. The van der Waals surface area contributed by atoms with Gasteiger partial charge in [0, 0.05) is 17.9 Å². The van der Waals surface area contributed by atoms with Gasteiger partial charge in [-0.15, -0.1) is 0 Å². The molecule has 0 radical (unpaired) electrons. The van der Waals surface area contributed by atoms with Gasteiger partial charge in [0.2, 0.25) is 0 Å². The predicted molar refractivity (Wildman–Crippen MR) is 126 cm³/mol. The fourth-order valence-corrected chi connectivity index (χ4v) is 14.2. The molecular formula is C27H46O2Si. The minimum atomic E-state index is -1.61. The number of hydrogen-bond donors (Lipinski definition) is 0. The molecule has 0 N–H and O–H groups in total. The predicted octanol–water partition coefficient (Wildman–Crippen LogP) is 7.52. The van der Waals surface area contributed by atoms with Gasteiger partial charge in [-0.05, 0) is 97.6 Å². The summed E-state index contributed by atoms with van der Waals surface area (Å²) in [6.45, 7) is 12.4. The molecule has 4 saturated carbocycles. The van der Waals surface area contributed by atoms with Gasteiger partial charge >= 0.3 is 0 Å². The van der Waals surface area contributed by atoms with Crippen LogP contribution in [-0.2, 0) is 9.22 Å². The van der Waals surface area contributed by atoms with Gasteiger partial charge in [0.25, 0.3) is 0 Å². The van der Waals surface area contributed by atoms with Gasteiger partial charge in [-0.2, -0.15) is 0 Å². The lowest BCUT2D eigenvalue weighted by atomic mass is 9.45. The van der Waals surface area contributed by atoms with Crippen LogP contribution in [0.25, 0.3) is 0 Å². The number of carbonyl (C=O) groups excluding carboxylic acids is 1. The first-order valence-electron chi connectivity index (χ1n) is 13.3. The van der Waals surface area contributed by atoms with Crippen molar-refractivity contribution in [3.63, 3.8) is 0 Å². The van der Waals surface area contributed by atoms with E-state index in [4.69, 9.17) is 4.43 Å². The number of fused-ring (bicyclic) bond motifs is 5. The van der Waals surface area contributed by atoms with Crippen LogP contribution in [-0.4, -0.2) is 20.2 Å². The Morgan fingerprint density at radius 1 is 0.933 bits per heavy atom. The van der Waals surface area contributed by atoms with Crippen LogP contribution >= 0.6 is 0 Å². The molecule has 170 valence electrons. The Bertz CT molecular complexity index is 689. The summed E-state index contributed by atoms with van der Waals surface area (Å²) < 4.78 is 7.23. The fraction of sp³-hybridized carbons (Fsp3) is 0.963. The normalized spacial score (nSPS) is 48.2. The molecule has 0 unspecified atom stereocenters. The van der Waals surface area contributed by atoms with E-state index in [-0.39, 0.29) is 5.41 Å². The second-order valence-electron chi connectivity index (χ2n) is 13.5. The van der Waals surface area contributed by atoms with Gasteiger partial charge in [-0.25, -0.2) is 0 Å². The average molecular weight is 431 g/mol. The molecule has 0 spiro atoms. The molecule has 0 aromatic carbocycles. The second kappa shape index (κ2) is 7.17. The molecule has 4 aliphatic carbocycles. The van der Waals surface area contributed by atoms with Crippen molar-refractivity contribution < 1.29 is 9.22 Å². The maximum Gasteiger partial charge on any atom is 0.198 e. The molecule has 5 fully saturated rings. The highest BCUT2D eigenvalue weighted by Gasteiger charge is 2.60. The molecule has 7 atom stereocenters. The van der Waals surface area contributed by atoms with Crippen molar-refractivity contribution in [2.75, 3.05) is 0 Å². The summed E-state index contributed by atoms with van der Waals surface area (Å²) in [6.07, 6.45) is 14.6.